The average molecular weight is 363 g/mol. The number of cyclic esters (lactones) is 1. The largest absolute Gasteiger partial charge is 0.481 e. The maximum Gasteiger partial charge on any atom is 0.410 e. The van der Waals surface area contributed by atoms with Crippen LogP contribution in [0.15, 0.2) is 24.3 Å². The molecule has 140 valence electrons. The molecule has 2 rings (SSSR count). The van der Waals surface area contributed by atoms with Gasteiger partial charge >= 0.3 is 12.1 Å². The van der Waals surface area contributed by atoms with Gasteiger partial charge < -0.3 is 25.4 Å². The maximum absolute atomic E-state index is 12.1. The number of nitrogens with one attached hydrogen (secondary N) is 2. The molecule has 9 heteroatoms. The molecule has 3 N–H and O–H groups in total. The van der Waals surface area contributed by atoms with Crippen LogP contribution in [-0.4, -0.2) is 54.1 Å². The molecule has 3 amide bonds. The number of carboxylic acids is 1. The summed E-state index contributed by atoms with van der Waals surface area (Å²) in [4.78, 5) is 46.4. The van der Waals surface area contributed by atoms with E-state index in [1.54, 1.807) is 31.3 Å². The van der Waals surface area contributed by atoms with Crippen molar-refractivity contribution in [3.63, 3.8) is 0 Å². The lowest BCUT2D eigenvalue weighted by Gasteiger charge is -2.36. The lowest BCUT2D eigenvalue weighted by atomic mass is 9.96. The lowest BCUT2D eigenvalue weighted by molar-refractivity contribution is -0.137. The molecule has 1 aliphatic rings. The van der Waals surface area contributed by atoms with Gasteiger partial charge in [0.25, 0.3) is 0 Å². The van der Waals surface area contributed by atoms with E-state index in [9.17, 15) is 19.2 Å². The van der Waals surface area contributed by atoms with Crippen molar-refractivity contribution in [2.45, 2.75) is 31.4 Å². The monoisotopic (exact) mass is 363 g/mol. The number of hydrogen-bond acceptors (Lipinski definition) is 5. The second kappa shape index (κ2) is 8.84. The minimum Gasteiger partial charge on any atom is -0.481 e. The summed E-state index contributed by atoms with van der Waals surface area (Å²) in [6, 6.07) is 6.79. The summed E-state index contributed by atoms with van der Waals surface area (Å²) >= 11 is 0. The standard InChI is InChI=1S/C17H21N3O6/c1-20-14(11-2-4-12(5-3-11)19-10-21)8-13(26-17(20)25)9-15(22)18-7-6-16(23)24/h2-5,10,13-14H,6-9H2,1H3,(H,18,22)(H,19,21)(H,23,24). The molecule has 1 aromatic rings. The minimum atomic E-state index is -0.997. The van der Waals surface area contributed by atoms with Crippen LogP contribution in [0.5, 0.6) is 0 Å². The van der Waals surface area contributed by atoms with E-state index in [-0.39, 0.29) is 31.3 Å². The zero-order chi connectivity index (χ0) is 19.1. The van der Waals surface area contributed by atoms with Crippen molar-refractivity contribution in [3.05, 3.63) is 29.8 Å². The molecule has 0 spiro atoms. The van der Waals surface area contributed by atoms with Crippen molar-refractivity contribution < 1.29 is 29.0 Å². The van der Waals surface area contributed by atoms with Crippen LogP contribution in [0.2, 0.25) is 0 Å². The SMILES string of the molecule is CN1C(=O)OC(CC(=O)NCCC(=O)O)CC1c1ccc(NC=O)cc1. The van der Waals surface area contributed by atoms with Crippen LogP contribution in [0.25, 0.3) is 0 Å². The van der Waals surface area contributed by atoms with Crippen molar-refractivity contribution in [2.24, 2.45) is 0 Å². The van der Waals surface area contributed by atoms with Crippen molar-refractivity contribution in [3.8, 4) is 0 Å². The number of amides is 3. The lowest BCUT2D eigenvalue weighted by Crippen LogP contribution is -2.43. The van der Waals surface area contributed by atoms with Gasteiger partial charge in [0.2, 0.25) is 12.3 Å². The molecule has 1 heterocycles. The summed E-state index contributed by atoms with van der Waals surface area (Å²) in [6.07, 6.45) is -0.308. The highest BCUT2D eigenvalue weighted by atomic mass is 16.6. The molecule has 2 atom stereocenters. The van der Waals surface area contributed by atoms with Crippen molar-refractivity contribution >= 4 is 30.1 Å². The van der Waals surface area contributed by atoms with Crippen LogP contribution in [0, 0.1) is 0 Å². The molecule has 1 fully saturated rings. The first-order chi connectivity index (χ1) is 12.4. The number of carbonyl (C=O) groups excluding carboxylic acids is 3. The van der Waals surface area contributed by atoms with E-state index in [0.29, 0.717) is 18.5 Å². The van der Waals surface area contributed by atoms with E-state index in [2.05, 4.69) is 10.6 Å². The fourth-order valence-corrected chi connectivity index (χ4v) is 2.75. The number of ether oxygens (including phenoxy) is 1. The van der Waals surface area contributed by atoms with Crippen molar-refractivity contribution in [1.82, 2.24) is 10.2 Å². The van der Waals surface area contributed by atoms with Gasteiger partial charge in [-0.2, -0.15) is 0 Å². The molecule has 2 unspecified atom stereocenters. The van der Waals surface area contributed by atoms with Gasteiger partial charge in [0.15, 0.2) is 0 Å². The van der Waals surface area contributed by atoms with E-state index in [0.717, 1.165) is 5.56 Å². The van der Waals surface area contributed by atoms with Crippen LogP contribution >= 0.6 is 0 Å². The second-order valence-electron chi connectivity index (χ2n) is 5.95. The first kappa shape index (κ1) is 19.2. The van der Waals surface area contributed by atoms with Gasteiger partial charge in [-0.25, -0.2) is 4.79 Å². The van der Waals surface area contributed by atoms with Gasteiger partial charge in [0, 0.05) is 25.7 Å². The number of anilines is 1. The highest BCUT2D eigenvalue weighted by Crippen LogP contribution is 2.32. The Morgan fingerprint density at radius 1 is 1.35 bits per heavy atom. The molecule has 0 aromatic heterocycles. The smallest absolute Gasteiger partial charge is 0.410 e. The maximum atomic E-state index is 12.1. The Morgan fingerprint density at radius 3 is 2.65 bits per heavy atom. The molecule has 1 saturated heterocycles. The minimum absolute atomic E-state index is 0.0273. The fourth-order valence-electron chi connectivity index (χ4n) is 2.75. The molecule has 0 aliphatic carbocycles. The van der Waals surface area contributed by atoms with E-state index in [1.807, 2.05) is 0 Å². The zero-order valence-electron chi connectivity index (χ0n) is 14.3. The number of rotatable bonds is 8. The molecule has 9 nitrogen and oxygen atoms in total. The Bertz CT molecular complexity index is 676. The van der Waals surface area contributed by atoms with Crippen LogP contribution < -0.4 is 10.6 Å². The summed E-state index contributed by atoms with van der Waals surface area (Å²) in [5.41, 5.74) is 1.50. The summed E-state index contributed by atoms with van der Waals surface area (Å²) in [7, 11) is 1.62. The Balaban J connectivity index is 1.99. The fraction of sp³-hybridized carbons (Fsp3) is 0.412. The van der Waals surface area contributed by atoms with Gasteiger partial charge in [-0.05, 0) is 17.7 Å². The predicted molar refractivity (Wildman–Crippen MR) is 91.4 cm³/mol. The number of nitrogens with zero attached hydrogens (tertiary/aromatic N) is 1. The van der Waals surface area contributed by atoms with Gasteiger partial charge in [-0.3, -0.25) is 14.4 Å². The third-order valence-corrected chi connectivity index (χ3v) is 4.10. The molecular weight excluding hydrogens is 342 g/mol. The van der Waals surface area contributed by atoms with E-state index >= 15 is 0 Å². The summed E-state index contributed by atoms with van der Waals surface area (Å²) in [5.74, 6) is -1.36. The molecular formula is C17H21N3O6. The molecule has 0 radical (unpaired) electrons. The van der Waals surface area contributed by atoms with Crippen LogP contribution in [0.3, 0.4) is 0 Å². The number of hydrogen-bond donors (Lipinski definition) is 3. The van der Waals surface area contributed by atoms with Crippen LogP contribution in [0.1, 0.15) is 30.9 Å². The van der Waals surface area contributed by atoms with Gasteiger partial charge in [-0.15, -0.1) is 0 Å². The molecule has 26 heavy (non-hydrogen) atoms. The van der Waals surface area contributed by atoms with E-state index in [1.165, 1.54) is 4.90 Å². The first-order valence-corrected chi connectivity index (χ1v) is 8.12. The zero-order valence-corrected chi connectivity index (χ0v) is 14.3. The van der Waals surface area contributed by atoms with Crippen LogP contribution in [0.4, 0.5) is 10.5 Å². The highest BCUT2D eigenvalue weighted by molar-refractivity contribution is 5.78. The van der Waals surface area contributed by atoms with E-state index in [4.69, 9.17) is 9.84 Å². The Labute approximate surface area is 150 Å². The number of benzene rings is 1. The second-order valence-corrected chi connectivity index (χ2v) is 5.95. The number of carboxylic acid groups (broad SMARTS) is 1. The number of aliphatic carboxylic acids is 1. The third kappa shape index (κ3) is 5.20. The van der Waals surface area contributed by atoms with E-state index < -0.39 is 18.2 Å². The molecule has 0 bridgehead atoms. The summed E-state index contributed by atoms with van der Waals surface area (Å²) in [5, 5.41) is 13.6. The van der Waals surface area contributed by atoms with Gasteiger partial charge in [0.1, 0.15) is 6.10 Å². The van der Waals surface area contributed by atoms with Crippen LogP contribution in [-0.2, 0) is 19.1 Å². The summed E-state index contributed by atoms with van der Waals surface area (Å²) < 4.78 is 5.26. The molecule has 1 aliphatic heterocycles. The Hall–Kier alpha value is -3.10. The Morgan fingerprint density at radius 2 is 2.04 bits per heavy atom. The molecule has 0 saturated carbocycles. The first-order valence-electron chi connectivity index (χ1n) is 8.12. The number of carbonyl (C=O) groups is 4. The topological polar surface area (TPSA) is 125 Å². The average Bonchev–Trinajstić information content (AvgIpc) is 2.58. The highest BCUT2D eigenvalue weighted by Gasteiger charge is 2.34. The van der Waals surface area contributed by atoms with Crippen molar-refractivity contribution in [1.29, 1.82) is 0 Å². The van der Waals surface area contributed by atoms with Gasteiger partial charge in [-0.1, -0.05) is 12.1 Å². The van der Waals surface area contributed by atoms with Gasteiger partial charge in [0.05, 0.1) is 18.9 Å². The Kier molecular flexibility index (Phi) is 6.54. The normalized spacial score (nSPS) is 19.4. The summed E-state index contributed by atoms with van der Waals surface area (Å²) in [6.45, 7) is 0.0311. The van der Waals surface area contributed by atoms with Crippen molar-refractivity contribution in [2.75, 3.05) is 18.9 Å². The predicted octanol–water partition coefficient (Wildman–Crippen LogP) is 1.12. The quantitative estimate of drug-likeness (QED) is 0.594. The third-order valence-electron chi connectivity index (χ3n) is 4.10. The molecule has 1 aromatic carbocycles.